The molecule has 0 saturated heterocycles. The van der Waals surface area contributed by atoms with Gasteiger partial charge in [0.25, 0.3) is 0 Å². The molecule has 2 nitrogen and oxygen atoms in total. The first-order valence-electron chi connectivity index (χ1n) is 4.23. The average molecular weight is 210 g/mol. The number of benzene rings is 1. The second-order valence-electron chi connectivity index (χ2n) is 2.82. The lowest BCUT2D eigenvalue weighted by molar-refractivity contribution is -0.107. The molecule has 0 saturated carbocycles. The SMILES string of the molecule is O=CCC=Cc1cc(F)c(C=O)c(F)c1. The summed E-state index contributed by atoms with van der Waals surface area (Å²) in [5.74, 6) is -1.81. The van der Waals surface area contributed by atoms with Gasteiger partial charge in [-0.3, -0.25) is 4.79 Å². The van der Waals surface area contributed by atoms with Crippen molar-refractivity contribution in [3.8, 4) is 0 Å². The summed E-state index contributed by atoms with van der Waals surface area (Å²) in [6, 6.07) is 2.07. The number of hydrogen-bond acceptors (Lipinski definition) is 2. The van der Waals surface area contributed by atoms with Crippen LogP contribution >= 0.6 is 0 Å². The molecule has 1 rings (SSSR count). The van der Waals surface area contributed by atoms with E-state index in [1.54, 1.807) is 0 Å². The van der Waals surface area contributed by atoms with Gasteiger partial charge in [-0.2, -0.15) is 0 Å². The van der Waals surface area contributed by atoms with Crippen LogP contribution in [0.4, 0.5) is 8.78 Å². The van der Waals surface area contributed by atoms with Crippen molar-refractivity contribution < 1.29 is 18.4 Å². The fraction of sp³-hybridized carbons (Fsp3) is 0.0909. The van der Waals surface area contributed by atoms with Gasteiger partial charge in [0.05, 0.1) is 5.56 Å². The Hall–Kier alpha value is -1.84. The van der Waals surface area contributed by atoms with Crippen LogP contribution in [0.1, 0.15) is 22.3 Å². The zero-order valence-corrected chi connectivity index (χ0v) is 7.74. The Morgan fingerprint density at radius 3 is 2.20 bits per heavy atom. The van der Waals surface area contributed by atoms with E-state index < -0.39 is 17.2 Å². The molecule has 0 heterocycles. The molecule has 4 heteroatoms. The Morgan fingerprint density at radius 1 is 1.13 bits per heavy atom. The van der Waals surface area contributed by atoms with E-state index in [1.165, 1.54) is 12.2 Å². The summed E-state index contributed by atoms with van der Waals surface area (Å²) in [6.07, 6.45) is 3.86. The van der Waals surface area contributed by atoms with Gasteiger partial charge < -0.3 is 4.79 Å². The highest BCUT2D eigenvalue weighted by molar-refractivity contribution is 5.76. The molecule has 0 aliphatic carbocycles. The molecule has 0 unspecified atom stereocenters. The van der Waals surface area contributed by atoms with Crippen molar-refractivity contribution >= 4 is 18.6 Å². The zero-order valence-electron chi connectivity index (χ0n) is 7.74. The molecule has 0 aromatic heterocycles. The number of aldehydes is 2. The van der Waals surface area contributed by atoms with Crippen LogP contribution in [-0.4, -0.2) is 12.6 Å². The highest BCUT2D eigenvalue weighted by Crippen LogP contribution is 2.14. The standard InChI is InChI=1S/C11H8F2O2/c12-10-5-8(3-1-2-4-14)6-11(13)9(10)7-15/h1,3-7H,2H2. The number of halogens is 2. The Kier molecular flexibility index (Phi) is 3.85. The third kappa shape index (κ3) is 2.80. The molecule has 15 heavy (non-hydrogen) atoms. The molecule has 0 fully saturated rings. The minimum atomic E-state index is -0.907. The van der Waals surface area contributed by atoms with Crippen molar-refractivity contribution in [1.29, 1.82) is 0 Å². The fourth-order valence-electron chi connectivity index (χ4n) is 1.07. The van der Waals surface area contributed by atoms with Gasteiger partial charge in [-0.25, -0.2) is 8.78 Å². The summed E-state index contributed by atoms with van der Waals surface area (Å²) in [4.78, 5) is 20.3. The molecule has 0 aliphatic rings. The van der Waals surface area contributed by atoms with Gasteiger partial charge in [-0.1, -0.05) is 12.2 Å². The predicted molar refractivity (Wildman–Crippen MR) is 51.5 cm³/mol. The van der Waals surface area contributed by atoms with Crippen LogP contribution in [0.2, 0.25) is 0 Å². The molecule has 0 spiro atoms. The lowest BCUT2D eigenvalue weighted by Gasteiger charge is -1.99. The van der Waals surface area contributed by atoms with E-state index in [2.05, 4.69) is 0 Å². The van der Waals surface area contributed by atoms with Crippen LogP contribution in [0.25, 0.3) is 6.08 Å². The number of allylic oxidation sites excluding steroid dienone is 1. The van der Waals surface area contributed by atoms with Crippen molar-refractivity contribution in [3.63, 3.8) is 0 Å². The molecule has 1 aromatic carbocycles. The first kappa shape index (κ1) is 11.2. The van der Waals surface area contributed by atoms with Crippen LogP contribution in [0.5, 0.6) is 0 Å². The molecule has 0 aliphatic heterocycles. The average Bonchev–Trinajstić information content (AvgIpc) is 2.18. The van der Waals surface area contributed by atoms with Crippen molar-refractivity contribution in [1.82, 2.24) is 0 Å². The fourth-order valence-corrected chi connectivity index (χ4v) is 1.07. The van der Waals surface area contributed by atoms with E-state index in [9.17, 15) is 18.4 Å². The van der Waals surface area contributed by atoms with Gasteiger partial charge in [-0.05, 0) is 17.7 Å². The monoisotopic (exact) mass is 210 g/mol. The molecule has 0 bridgehead atoms. The van der Waals surface area contributed by atoms with Gasteiger partial charge in [-0.15, -0.1) is 0 Å². The maximum Gasteiger partial charge on any atom is 0.155 e. The van der Waals surface area contributed by atoms with Crippen molar-refractivity contribution in [2.45, 2.75) is 6.42 Å². The van der Waals surface area contributed by atoms with Crippen LogP contribution in [0.15, 0.2) is 18.2 Å². The Balaban J connectivity index is 3.03. The minimum absolute atomic E-state index is 0.129. The van der Waals surface area contributed by atoms with Crippen LogP contribution in [-0.2, 0) is 4.79 Å². The van der Waals surface area contributed by atoms with Gasteiger partial charge in [0.15, 0.2) is 6.29 Å². The third-order valence-corrected chi connectivity index (χ3v) is 1.76. The van der Waals surface area contributed by atoms with E-state index in [0.717, 1.165) is 12.1 Å². The molecule has 0 amide bonds. The van der Waals surface area contributed by atoms with E-state index in [1.807, 2.05) is 0 Å². The summed E-state index contributed by atoms with van der Waals surface area (Å²) in [5, 5.41) is 0. The topological polar surface area (TPSA) is 34.1 Å². The van der Waals surface area contributed by atoms with Crippen LogP contribution in [0, 0.1) is 11.6 Å². The predicted octanol–water partition coefficient (Wildman–Crippen LogP) is 2.38. The zero-order chi connectivity index (χ0) is 11.3. The maximum absolute atomic E-state index is 13.0. The Bertz CT molecular complexity index is 388. The molecule has 0 atom stereocenters. The number of rotatable bonds is 4. The smallest absolute Gasteiger partial charge is 0.155 e. The Labute approximate surface area is 85.2 Å². The van der Waals surface area contributed by atoms with E-state index in [0.29, 0.717) is 6.29 Å². The molecular formula is C11H8F2O2. The number of hydrogen-bond donors (Lipinski definition) is 0. The summed E-state index contributed by atoms with van der Waals surface area (Å²) < 4.78 is 26.1. The van der Waals surface area contributed by atoms with Gasteiger partial charge in [0, 0.05) is 6.42 Å². The van der Waals surface area contributed by atoms with Crippen LogP contribution < -0.4 is 0 Å². The third-order valence-electron chi connectivity index (χ3n) is 1.76. The lowest BCUT2D eigenvalue weighted by atomic mass is 10.1. The first-order chi connectivity index (χ1) is 7.19. The van der Waals surface area contributed by atoms with E-state index in [4.69, 9.17) is 0 Å². The largest absolute Gasteiger partial charge is 0.303 e. The van der Waals surface area contributed by atoms with Gasteiger partial charge in [0.2, 0.25) is 0 Å². The number of carbonyl (C=O) groups is 2. The summed E-state index contributed by atoms with van der Waals surface area (Å²) in [7, 11) is 0. The van der Waals surface area contributed by atoms with Crippen molar-refractivity contribution in [3.05, 3.63) is 41.0 Å². The highest BCUT2D eigenvalue weighted by Gasteiger charge is 2.08. The van der Waals surface area contributed by atoms with Crippen molar-refractivity contribution in [2.24, 2.45) is 0 Å². The normalized spacial score (nSPS) is 10.5. The Morgan fingerprint density at radius 2 is 1.73 bits per heavy atom. The second-order valence-corrected chi connectivity index (χ2v) is 2.82. The minimum Gasteiger partial charge on any atom is -0.303 e. The summed E-state index contributed by atoms with van der Waals surface area (Å²) >= 11 is 0. The highest BCUT2D eigenvalue weighted by atomic mass is 19.1. The van der Waals surface area contributed by atoms with Crippen molar-refractivity contribution in [2.75, 3.05) is 0 Å². The summed E-state index contributed by atoms with van der Waals surface area (Å²) in [6.45, 7) is 0. The van der Waals surface area contributed by atoms with Gasteiger partial charge >= 0.3 is 0 Å². The maximum atomic E-state index is 13.0. The quantitative estimate of drug-likeness (QED) is 0.715. The molecule has 0 N–H and O–H groups in total. The van der Waals surface area contributed by atoms with E-state index in [-0.39, 0.29) is 18.3 Å². The summed E-state index contributed by atoms with van der Waals surface area (Å²) in [5.41, 5.74) is -0.306. The molecule has 1 aromatic rings. The van der Waals surface area contributed by atoms with E-state index >= 15 is 0 Å². The number of carbonyl (C=O) groups excluding carboxylic acids is 2. The molecular weight excluding hydrogens is 202 g/mol. The second kappa shape index (κ2) is 5.14. The molecule has 78 valence electrons. The van der Waals surface area contributed by atoms with Gasteiger partial charge in [0.1, 0.15) is 17.9 Å². The molecule has 0 radical (unpaired) electrons. The first-order valence-corrected chi connectivity index (χ1v) is 4.23. The van der Waals surface area contributed by atoms with Crippen LogP contribution in [0.3, 0.4) is 0 Å². The lowest BCUT2D eigenvalue weighted by Crippen LogP contribution is -1.94.